The number of anilines is 1. The van der Waals surface area contributed by atoms with Gasteiger partial charge in [-0.2, -0.15) is 0 Å². The lowest BCUT2D eigenvalue weighted by Gasteiger charge is -2.24. The average molecular weight is 261 g/mol. The van der Waals surface area contributed by atoms with Gasteiger partial charge in [0.15, 0.2) is 17.0 Å². The Bertz CT molecular complexity index is 586. The maximum absolute atomic E-state index is 5.82. The summed E-state index contributed by atoms with van der Waals surface area (Å²) in [5, 5.41) is 0. The Morgan fingerprint density at radius 2 is 2.16 bits per heavy atom. The van der Waals surface area contributed by atoms with Crippen LogP contribution in [-0.4, -0.2) is 40.2 Å². The molecule has 0 amide bonds. The predicted molar refractivity (Wildman–Crippen MR) is 73.2 cm³/mol. The zero-order chi connectivity index (χ0) is 13.4. The van der Waals surface area contributed by atoms with Crippen LogP contribution in [0.1, 0.15) is 31.3 Å². The van der Waals surface area contributed by atoms with Crippen LogP contribution in [0.5, 0.6) is 0 Å². The van der Waals surface area contributed by atoms with Crippen LogP contribution in [0, 0.1) is 6.92 Å². The molecule has 6 heteroatoms. The molecule has 3 rings (SSSR count). The first-order valence-electron chi connectivity index (χ1n) is 6.67. The molecule has 3 heterocycles. The summed E-state index contributed by atoms with van der Waals surface area (Å²) in [7, 11) is 3.94. The molecule has 1 atom stereocenters. The highest BCUT2D eigenvalue weighted by atomic mass is 16.5. The van der Waals surface area contributed by atoms with Gasteiger partial charge in [0.2, 0.25) is 0 Å². The summed E-state index contributed by atoms with van der Waals surface area (Å²) < 4.78 is 7.86. The Morgan fingerprint density at radius 3 is 2.84 bits per heavy atom. The third-order valence-corrected chi connectivity index (χ3v) is 3.40. The molecule has 102 valence electrons. The number of hydrogen-bond acceptors (Lipinski definition) is 5. The summed E-state index contributed by atoms with van der Waals surface area (Å²) in [4.78, 5) is 15.4. The molecule has 1 aliphatic heterocycles. The minimum Gasteiger partial charge on any atom is -0.361 e. The van der Waals surface area contributed by atoms with Crippen LogP contribution in [0.15, 0.2) is 6.33 Å². The third-order valence-electron chi connectivity index (χ3n) is 3.40. The molecule has 0 saturated carbocycles. The molecule has 2 aromatic heterocycles. The second-order valence-corrected chi connectivity index (χ2v) is 5.13. The topological polar surface area (TPSA) is 56.1 Å². The molecule has 1 fully saturated rings. The Balaban J connectivity index is 2.11. The summed E-state index contributed by atoms with van der Waals surface area (Å²) in [5.41, 5.74) is 1.70. The van der Waals surface area contributed by atoms with E-state index >= 15 is 0 Å². The normalized spacial score (nSPS) is 19.8. The van der Waals surface area contributed by atoms with Crippen LogP contribution in [-0.2, 0) is 4.74 Å². The van der Waals surface area contributed by atoms with E-state index in [1.807, 2.05) is 36.8 Å². The fourth-order valence-electron chi connectivity index (χ4n) is 2.47. The minimum atomic E-state index is 0.0584. The lowest BCUT2D eigenvalue weighted by Crippen LogP contribution is -2.18. The maximum Gasteiger partial charge on any atom is 0.167 e. The van der Waals surface area contributed by atoms with E-state index in [2.05, 4.69) is 15.0 Å². The molecule has 0 aliphatic carbocycles. The molecule has 0 N–H and O–H groups in total. The van der Waals surface area contributed by atoms with Crippen LogP contribution < -0.4 is 4.90 Å². The number of imidazole rings is 1. The molecular weight excluding hydrogens is 242 g/mol. The van der Waals surface area contributed by atoms with Crippen molar-refractivity contribution in [2.45, 2.75) is 32.4 Å². The smallest absolute Gasteiger partial charge is 0.167 e. The van der Waals surface area contributed by atoms with Crippen molar-refractivity contribution in [1.29, 1.82) is 0 Å². The zero-order valence-corrected chi connectivity index (χ0v) is 11.6. The standard InChI is InChI=1S/C13H19N5O/c1-9-15-12(17(2)3)11-13(16-9)18(8-14-11)10-6-4-5-7-19-10/h8,10H,4-7H2,1-3H3. The van der Waals surface area contributed by atoms with Crippen molar-refractivity contribution in [3.8, 4) is 0 Å². The lowest BCUT2D eigenvalue weighted by molar-refractivity contribution is -0.0298. The summed E-state index contributed by atoms with van der Waals surface area (Å²) in [6.45, 7) is 2.72. The molecule has 1 saturated heterocycles. The Hall–Kier alpha value is -1.69. The van der Waals surface area contributed by atoms with E-state index in [4.69, 9.17) is 4.74 Å². The van der Waals surface area contributed by atoms with Crippen molar-refractivity contribution in [2.24, 2.45) is 0 Å². The Labute approximate surface area is 112 Å². The first kappa shape index (κ1) is 12.3. The van der Waals surface area contributed by atoms with E-state index in [1.54, 1.807) is 0 Å². The molecule has 6 nitrogen and oxygen atoms in total. The van der Waals surface area contributed by atoms with Crippen LogP contribution in [0.4, 0.5) is 5.82 Å². The molecule has 1 unspecified atom stereocenters. The van der Waals surface area contributed by atoms with Gasteiger partial charge >= 0.3 is 0 Å². The van der Waals surface area contributed by atoms with E-state index in [0.29, 0.717) is 0 Å². The fraction of sp³-hybridized carbons (Fsp3) is 0.615. The van der Waals surface area contributed by atoms with Gasteiger partial charge in [-0.25, -0.2) is 15.0 Å². The third kappa shape index (κ3) is 2.16. The summed E-state index contributed by atoms with van der Waals surface area (Å²) in [6.07, 6.45) is 5.23. The van der Waals surface area contributed by atoms with Gasteiger partial charge in [-0.05, 0) is 26.2 Å². The quantitative estimate of drug-likeness (QED) is 0.826. The van der Waals surface area contributed by atoms with Crippen molar-refractivity contribution >= 4 is 17.0 Å². The number of fused-ring (bicyclic) bond motifs is 1. The highest BCUT2D eigenvalue weighted by molar-refractivity contribution is 5.83. The Morgan fingerprint density at radius 1 is 1.32 bits per heavy atom. The number of nitrogens with zero attached hydrogens (tertiary/aromatic N) is 5. The van der Waals surface area contributed by atoms with Crippen LogP contribution >= 0.6 is 0 Å². The van der Waals surface area contributed by atoms with E-state index < -0.39 is 0 Å². The first-order chi connectivity index (χ1) is 9.16. The van der Waals surface area contributed by atoms with Crippen molar-refractivity contribution < 1.29 is 4.74 Å². The molecule has 0 aromatic carbocycles. The van der Waals surface area contributed by atoms with Gasteiger partial charge in [0.1, 0.15) is 12.1 Å². The summed E-state index contributed by atoms with van der Waals surface area (Å²) >= 11 is 0. The first-order valence-corrected chi connectivity index (χ1v) is 6.67. The minimum absolute atomic E-state index is 0.0584. The Kier molecular flexibility index (Phi) is 3.10. The van der Waals surface area contributed by atoms with E-state index in [9.17, 15) is 0 Å². The zero-order valence-electron chi connectivity index (χ0n) is 11.6. The molecule has 19 heavy (non-hydrogen) atoms. The van der Waals surface area contributed by atoms with E-state index in [-0.39, 0.29) is 6.23 Å². The largest absolute Gasteiger partial charge is 0.361 e. The number of aryl methyl sites for hydroxylation is 1. The second kappa shape index (κ2) is 4.77. The van der Waals surface area contributed by atoms with Gasteiger partial charge in [0.05, 0.1) is 6.33 Å². The summed E-state index contributed by atoms with van der Waals surface area (Å²) in [5.74, 6) is 1.62. The van der Waals surface area contributed by atoms with Gasteiger partial charge in [-0.3, -0.25) is 4.57 Å². The molecule has 0 radical (unpaired) electrons. The van der Waals surface area contributed by atoms with Gasteiger partial charge in [0.25, 0.3) is 0 Å². The van der Waals surface area contributed by atoms with Crippen LogP contribution in [0.25, 0.3) is 11.2 Å². The lowest BCUT2D eigenvalue weighted by atomic mass is 10.2. The highest BCUT2D eigenvalue weighted by Crippen LogP contribution is 2.28. The summed E-state index contributed by atoms with van der Waals surface area (Å²) in [6, 6.07) is 0. The highest BCUT2D eigenvalue weighted by Gasteiger charge is 2.21. The number of rotatable bonds is 2. The van der Waals surface area contributed by atoms with Gasteiger partial charge in [0, 0.05) is 20.7 Å². The molecule has 2 aromatic rings. The monoisotopic (exact) mass is 261 g/mol. The van der Waals surface area contributed by atoms with Crippen molar-refractivity contribution in [3.63, 3.8) is 0 Å². The van der Waals surface area contributed by atoms with Crippen molar-refractivity contribution in [3.05, 3.63) is 12.2 Å². The van der Waals surface area contributed by atoms with E-state index in [0.717, 1.165) is 42.3 Å². The molecule has 1 aliphatic rings. The number of ether oxygens (including phenoxy) is 1. The van der Waals surface area contributed by atoms with Gasteiger partial charge in [-0.1, -0.05) is 0 Å². The van der Waals surface area contributed by atoms with Crippen LogP contribution in [0.2, 0.25) is 0 Å². The van der Waals surface area contributed by atoms with Crippen molar-refractivity contribution in [2.75, 3.05) is 25.6 Å². The van der Waals surface area contributed by atoms with Gasteiger partial charge < -0.3 is 9.64 Å². The fourth-order valence-corrected chi connectivity index (χ4v) is 2.47. The van der Waals surface area contributed by atoms with Crippen molar-refractivity contribution in [1.82, 2.24) is 19.5 Å². The van der Waals surface area contributed by atoms with Gasteiger partial charge in [-0.15, -0.1) is 0 Å². The number of aromatic nitrogens is 4. The molecular formula is C13H19N5O. The van der Waals surface area contributed by atoms with E-state index in [1.165, 1.54) is 6.42 Å². The predicted octanol–water partition coefficient (Wildman–Crippen LogP) is 1.90. The molecule has 0 spiro atoms. The SMILES string of the molecule is Cc1nc(N(C)C)c2ncn(C3CCCCO3)c2n1. The molecule has 0 bridgehead atoms. The average Bonchev–Trinajstić information content (AvgIpc) is 2.82. The maximum atomic E-state index is 5.82. The number of hydrogen-bond donors (Lipinski definition) is 0. The second-order valence-electron chi connectivity index (χ2n) is 5.13. The van der Waals surface area contributed by atoms with Crippen LogP contribution in [0.3, 0.4) is 0 Å².